The minimum absolute atomic E-state index is 0.551. The molecule has 0 aliphatic rings. The lowest BCUT2D eigenvalue weighted by molar-refractivity contribution is 0.656. The lowest BCUT2D eigenvalue weighted by Gasteiger charge is -2.08. The van der Waals surface area contributed by atoms with Crippen LogP contribution >= 0.6 is 11.8 Å². The van der Waals surface area contributed by atoms with Crippen molar-refractivity contribution in [1.29, 1.82) is 0 Å². The minimum Gasteiger partial charge on any atom is -0.318 e. The van der Waals surface area contributed by atoms with Gasteiger partial charge in [-0.15, -0.1) is 11.8 Å². The van der Waals surface area contributed by atoms with Crippen LogP contribution in [0.25, 0.3) is 0 Å². The van der Waals surface area contributed by atoms with Crippen LogP contribution < -0.4 is 11.1 Å². The maximum Gasteiger partial charge on any atom is 0.0428 e. The fraction of sp³-hybridized carbons (Fsp3) is 0.300. The summed E-state index contributed by atoms with van der Waals surface area (Å²) in [6.45, 7) is 5.70. The Balaban J connectivity index is 1.74. The van der Waals surface area contributed by atoms with Crippen molar-refractivity contribution in [3.63, 3.8) is 0 Å². The summed E-state index contributed by atoms with van der Waals surface area (Å²) < 4.78 is 0. The van der Waals surface area contributed by atoms with Crippen LogP contribution in [-0.2, 0) is 12.2 Å². The molecule has 0 saturated carbocycles. The van der Waals surface area contributed by atoms with E-state index in [9.17, 15) is 0 Å². The van der Waals surface area contributed by atoms with Crippen molar-refractivity contribution < 1.29 is 0 Å². The Kier molecular flexibility index (Phi) is 7.95. The Morgan fingerprint density at radius 1 is 1.00 bits per heavy atom. The van der Waals surface area contributed by atoms with Crippen molar-refractivity contribution in [2.24, 2.45) is 5.73 Å². The summed E-state index contributed by atoms with van der Waals surface area (Å²) >= 11 is 1.87. The molecular weight excluding hydrogens is 300 g/mol. The van der Waals surface area contributed by atoms with Gasteiger partial charge < -0.3 is 11.1 Å². The maximum absolute atomic E-state index is 5.41. The second-order valence-corrected chi connectivity index (χ2v) is 6.70. The van der Waals surface area contributed by atoms with Crippen LogP contribution in [-0.4, -0.2) is 13.2 Å². The molecule has 0 unspecified atom stereocenters. The SMILES string of the molecule is C=C(CCCNCN)Cc1ccc(CSc2ccccc2)cc1. The van der Waals surface area contributed by atoms with Crippen molar-refractivity contribution in [2.75, 3.05) is 13.2 Å². The number of nitrogens with one attached hydrogen (secondary N) is 1. The van der Waals surface area contributed by atoms with Gasteiger partial charge in [0.2, 0.25) is 0 Å². The van der Waals surface area contributed by atoms with E-state index in [2.05, 4.69) is 66.5 Å². The van der Waals surface area contributed by atoms with Crippen LogP contribution in [0.2, 0.25) is 0 Å². The molecule has 0 radical (unpaired) electrons. The van der Waals surface area contributed by atoms with E-state index in [0.717, 1.165) is 31.6 Å². The van der Waals surface area contributed by atoms with Crippen molar-refractivity contribution >= 4 is 11.8 Å². The molecule has 23 heavy (non-hydrogen) atoms. The first kappa shape index (κ1) is 17.8. The number of hydrogen-bond acceptors (Lipinski definition) is 3. The second-order valence-electron chi connectivity index (χ2n) is 5.65. The predicted molar refractivity (Wildman–Crippen MR) is 102 cm³/mol. The molecule has 0 bridgehead atoms. The van der Waals surface area contributed by atoms with E-state index in [1.165, 1.54) is 21.6 Å². The number of benzene rings is 2. The van der Waals surface area contributed by atoms with Gasteiger partial charge in [-0.25, -0.2) is 0 Å². The molecule has 3 heteroatoms. The van der Waals surface area contributed by atoms with Gasteiger partial charge in [-0.05, 0) is 49.1 Å². The van der Waals surface area contributed by atoms with Crippen LogP contribution in [0.3, 0.4) is 0 Å². The third-order valence-corrected chi connectivity index (χ3v) is 4.74. The molecule has 2 rings (SSSR count). The van der Waals surface area contributed by atoms with Gasteiger partial charge in [0.15, 0.2) is 0 Å². The Morgan fingerprint density at radius 2 is 1.70 bits per heavy atom. The molecule has 3 N–H and O–H groups in total. The molecule has 0 aromatic heterocycles. The molecule has 2 aromatic rings. The molecule has 0 saturated heterocycles. The highest BCUT2D eigenvalue weighted by Crippen LogP contribution is 2.22. The zero-order valence-electron chi connectivity index (χ0n) is 13.6. The maximum atomic E-state index is 5.41. The summed E-state index contributed by atoms with van der Waals surface area (Å²) in [4.78, 5) is 1.32. The van der Waals surface area contributed by atoms with E-state index >= 15 is 0 Å². The quantitative estimate of drug-likeness (QED) is 0.295. The Labute approximate surface area is 144 Å². The smallest absolute Gasteiger partial charge is 0.0428 e. The molecule has 0 spiro atoms. The molecule has 122 valence electrons. The lowest BCUT2D eigenvalue weighted by atomic mass is 10.0. The summed E-state index contributed by atoms with van der Waals surface area (Å²) in [6.07, 6.45) is 3.12. The third kappa shape index (κ3) is 7.04. The predicted octanol–water partition coefficient (Wildman–Crippen LogP) is 4.36. The number of hydrogen-bond donors (Lipinski definition) is 2. The molecule has 0 fully saturated rings. The molecule has 0 heterocycles. The number of thioether (sulfide) groups is 1. The van der Waals surface area contributed by atoms with Crippen LogP contribution in [0.5, 0.6) is 0 Å². The van der Waals surface area contributed by atoms with Gasteiger partial charge in [0.05, 0.1) is 0 Å². The fourth-order valence-electron chi connectivity index (χ4n) is 2.38. The van der Waals surface area contributed by atoms with Crippen molar-refractivity contribution in [3.05, 3.63) is 77.9 Å². The van der Waals surface area contributed by atoms with Gasteiger partial charge in [0.1, 0.15) is 0 Å². The van der Waals surface area contributed by atoms with Crippen LogP contribution in [0.1, 0.15) is 24.0 Å². The van der Waals surface area contributed by atoms with Gasteiger partial charge in [0, 0.05) is 17.3 Å². The zero-order valence-corrected chi connectivity index (χ0v) is 14.4. The van der Waals surface area contributed by atoms with E-state index < -0.39 is 0 Å². The van der Waals surface area contributed by atoms with Crippen LogP contribution in [0.15, 0.2) is 71.6 Å². The zero-order chi connectivity index (χ0) is 16.3. The fourth-order valence-corrected chi connectivity index (χ4v) is 3.25. The number of nitrogens with two attached hydrogens (primary N) is 1. The molecule has 0 amide bonds. The minimum atomic E-state index is 0.551. The van der Waals surface area contributed by atoms with Gasteiger partial charge in [0.25, 0.3) is 0 Å². The number of allylic oxidation sites excluding steroid dienone is 1. The second kappa shape index (κ2) is 10.3. The van der Waals surface area contributed by atoms with Crippen molar-refractivity contribution in [2.45, 2.75) is 29.9 Å². The monoisotopic (exact) mass is 326 g/mol. The first-order valence-electron chi connectivity index (χ1n) is 8.11. The molecule has 0 aliphatic heterocycles. The summed E-state index contributed by atoms with van der Waals surface area (Å²) in [6, 6.07) is 19.4. The summed E-state index contributed by atoms with van der Waals surface area (Å²) in [7, 11) is 0. The topological polar surface area (TPSA) is 38.0 Å². The summed E-state index contributed by atoms with van der Waals surface area (Å²) in [5.74, 6) is 1.01. The largest absolute Gasteiger partial charge is 0.318 e. The Hall–Kier alpha value is -1.55. The molecule has 0 atom stereocenters. The van der Waals surface area contributed by atoms with E-state index in [4.69, 9.17) is 5.73 Å². The highest BCUT2D eigenvalue weighted by atomic mass is 32.2. The van der Waals surface area contributed by atoms with Crippen LogP contribution in [0.4, 0.5) is 0 Å². The first-order chi connectivity index (χ1) is 11.3. The highest BCUT2D eigenvalue weighted by Gasteiger charge is 2.00. The summed E-state index contributed by atoms with van der Waals surface area (Å²) in [5.41, 5.74) is 9.40. The first-order valence-corrected chi connectivity index (χ1v) is 9.09. The van der Waals surface area contributed by atoms with E-state index in [1.54, 1.807) is 0 Å². The Bertz CT molecular complexity index is 578. The van der Waals surface area contributed by atoms with Gasteiger partial charge in [-0.3, -0.25) is 0 Å². The van der Waals surface area contributed by atoms with Gasteiger partial charge in [-0.1, -0.05) is 54.6 Å². The summed E-state index contributed by atoms with van der Waals surface area (Å²) in [5, 5.41) is 3.14. The molecule has 0 aliphatic carbocycles. The van der Waals surface area contributed by atoms with Gasteiger partial charge >= 0.3 is 0 Å². The highest BCUT2D eigenvalue weighted by molar-refractivity contribution is 7.98. The standard InChI is InChI=1S/C20H26N2S/c1-17(6-5-13-22-16-21)14-18-9-11-19(12-10-18)15-23-20-7-3-2-4-8-20/h2-4,7-12,22H,1,5-6,13-16,21H2. The number of rotatable bonds is 10. The molecular formula is C20H26N2S. The average molecular weight is 327 g/mol. The molecule has 2 aromatic carbocycles. The van der Waals surface area contributed by atoms with E-state index in [-0.39, 0.29) is 0 Å². The lowest BCUT2D eigenvalue weighted by Crippen LogP contribution is -2.23. The van der Waals surface area contributed by atoms with E-state index in [0.29, 0.717) is 6.67 Å². The Morgan fingerprint density at radius 3 is 2.39 bits per heavy atom. The average Bonchev–Trinajstić information content (AvgIpc) is 2.59. The molecule has 2 nitrogen and oxygen atoms in total. The third-order valence-electron chi connectivity index (χ3n) is 3.65. The van der Waals surface area contributed by atoms with Crippen molar-refractivity contribution in [1.82, 2.24) is 5.32 Å². The van der Waals surface area contributed by atoms with Gasteiger partial charge in [-0.2, -0.15) is 0 Å². The normalized spacial score (nSPS) is 10.7. The van der Waals surface area contributed by atoms with E-state index in [1.807, 2.05) is 11.8 Å². The van der Waals surface area contributed by atoms with Crippen molar-refractivity contribution in [3.8, 4) is 0 Å². The van der Waals surface area contributed by atoms with Crippen LogP contribution in [0, 0.1) is 0 Å².